The highest BCUT2D eigenvalue weighted by Gasteiger charge is 2.22. The molecule has 0 unspecified atom stereocenters. The van der Waals surface area contributed by atoms with E-state index in [0.717, 1.165) is 38.9 Å². The van der Waals surface area contributed by atoms with Gasteiger partial charge < -0.3 is 20.6 Å². The van der Waals surface area contributed by atoms with Gasteiger partial charge in [-0.15, -0.1) is 12.4 Å². The molecule has 0 atom stereocenters. The van der Waals surface area contributed by atoms with Gasteiger partial charge in [0.1, 0.15) is 11.5 Å². The number of H-pyrrole nitrogens is 1. The average Bonchev–Trinajstić information content (AvgIpc) is 2.84. The number of nitrogens with one attached hydrogen (secondary N) is 1. The van der Waals surface area contributed by atoms with Crippen molar-refractivity contribution in [1.82, 2.24) is 4.98 Å². The summed E-state index contributed by atoms with van der Waals surface area (Å²) < 4.78 is 5.33. The summed E-state index contributed by atoms with van der Waals surface area (Å²) in [7, 11) is 1.62. The summed E-state index contributed by atoms with van der Waals surface area (Å²) in [6.07, 6.45) is 0. The summed E-state index contributed by atoms with van der Waals surface area (Å²) in [5.41, 5.74) is 12.6. The van der Waals surface area contributed by atoms with Crippen molar-refractivity contribution in [2.45, 2.75) is 40.0 Å². The van der Waals surface area contributed by atoms with Crippen molar-refractivity contribution in [1.29, 1.82) is 0 Å². The predicted octanol–water partition coefficient (Wildman–Crippen LogP) is 5.47. The molecule has 5 heteroatoms. The SMILES string of the molecule is COc1cc2[nH]c(-c3cc(C)c(O)c(C(C)(C)C)c3)c(C)c2cc1N.Cl. The second kappa shape index (κ2) is 6.76. The van der Waals surface area contributed by atoms with Crippen molar-refractivity contribution in [3.8, 4) is 22.8 Å². The maximum atomic E-state index is 10.5. The molecule has 0 saturated heterocycles. The van der Waals surface area contributed by atoms with Gasteiger partial charge in [-0.05, 0) is 54.2 Å². The van der Waals surface area contributed by atoms with E-state index in [2.05, 4.69) is 38.7 Å². The van der Waals surface area contributed by atoms with Crippen molar-refractivity contribution >= 4 is 29.0 Å². The average molecular weight is 375 g/mol. The molecule has 0 aliphatic rings. The third kappa shape index (κ3) is 3.21. The van der Waals surface area contributed by atoms with Gasteiger partial charge in [0.05, 0.1) is 12.8 Å². The van der Waals surface area contributed by atoms with Gasteiger partial charge in [0.15, 0.2) is 0 Å². The lowest BCUT2D eigenvalue weighted by atomic mass is 9.83. The van der Waals surface area contributed by atoms with Gasteiger partial charge >= 0.3 is 0 Å². The molecule has 3 aromatic rings. The third-order valence-electron chi connectivity index (χ3n) is 4.81. The van der Waals surface area contributed by atoms with Gasteiger partial charge in [-0.25, -0.2) is 0 Å². The zero-order chi connectivity index (χ0) is 18.5. The van der Waals surface area contributed by atoms with E-state index in [4.69, 9.17) is 10.5 Å². The standard InChI is InChI=1S/C21H26N2O2.ClH/c1-11-7-13(8-15(20(11)24)21(3,4)5)19-12(2)14-9-16(22)18(25-6)10-17(14)23-19;/h7-10,23-24H,22H2,1-6H3;1H. The van der Waals surface area contributed by atoms with Crippen LogP contribution in [0.3, 0.4) is 0 Å². The number of phenolic OH excluding ortho intramolecular Hbond substituents is 1. The smallest absolute Gasteiger partial charge is 0.143 e. The summed E-state index contributed by atoms with van der Waals surface area (Å²) in [6, 6.07) is 7.96. The lowest BCUT2D eigenvalue weighted by Crippen LogP contribution is -2.12. The Balaban J connectivity index is 0.00000243. The first-order chi connectivity index (χ1) is 11.6. The highest BCUT2D eigenvalue weighted by Crippen LogP contribution is 2.40. The van der Waals surface area contributed by atoms with E-state index >= 15 is 0 Å². The second-order valence-electron chi connectivity index (χ2n) is 7.70. The van der Waals surface area contributed by atoms with Crippen molar-refractivity contribution < 1.29 is 9.84 Å². The van der Waals surface area contributed by atoms with E-state index in [1.807, 2.05) is 25.1 Å². The number of nitrogens with two attached hydrogens (primary N) is 1. The van der Waals surface area contributed by atoms with E-state index in [1.54, 1.807) is 7.11 Å². The van der Waals surface area contributed by atoms with Gasteiger partial charge in [-0.1, -0.05) is 20.8 Å². The molecule has 4 nitrogen and oxygen atoms in total. The molecule has 1 heterocycles. The fourth-order valence-electron chi connectivity index (χ4n) is 3.33. The Hall–Kier alpha value is -2.33. The predicted molar refractivity (Wildman–Crippen MR) is 112 cm³/mol. The van der Waals surface area contributed by atoms with Crippen LogP contribution in [0.5, 0.6) is 11.5 Å². The van der Waals surface area contributed by atoms with E-state index in [1.165, 1.54) is 0 Å². The van der Waals surface area contributed by atoms with Crippen LogP contribution in [0.25, 0.3) is 22.2 Å². The maximum absolute atomic E-state index is 10.5. The Morgan fingerprint density at radius 1 is 1.08 bits per heavy atom. The van der Waals surface area contributed by atoms with Crippen molar-refractivity contribution in [2.24, 2.45) is 0 Å². The number of aromatic amines is 1. The van der Waals surface area contributed by atoms with Gasteiger partial charge in [-0.3, -0.25) is 0 Å². The molecule has 26 heavy (non-hydrogen) atoms. The van der Waals surface area contributed by atoms with Crippen LogP contribution in [0.15, 0.2) is 24.3 Å². The summed E-state index contributed by atoms with van der Waals surface area (Å²) in [4.78, 5) is 3.49. The summed E-state index contributed by atoms with van der Waals surface area (Å²) in [6.45, 7) is 10.3. The largest absolute Gasteiger partial charge is 0.507 e. The molecule has 0 aliphatic carbocycles. The number of benzene rings is 2. The lowest BCUT2D eigenvalue weighted by Gasteiger charge is -2.22. The number of methoxy groups -OCH3 is 1. The van der Waals surface area contributed by atoms with Crippen molar-refractivity contribution in [2.75, 3.05) is 12.8 Å². The normalized spacial score (nSPS) is 11.5. The maximum Gasteiger partial charge on any atom is 0.143 e. The Morgan fingerprint density at radius 2 is 1.73 bits per heavy atom. The Kier molecular flexibility index (Phi) is 5.20. The molecule has 0 saturated carbocycles. The minimum Gasteiger partial charge on any atom is -0.507 e. The fraction of sp³-hybridized carbons (Fsp3) is 0.333. The fourth-order valence-corrected chi connectivity index (χ4v) is 3.33. The molecule has 0 bridgehead atoms. The Labute approximate surface area is 160 Å². The van der Waals surface area contributed by atoms with Crippen LogP contribution < -0.4 is 10.5 Å². The first kappa shape index (κ1) is 20.0. The molecule has 2 aromatic carbocycles. The van der Waals surface area contributed by atoms with Gasteiger partial charge in [0.25, 0.3) is 0 Å². The molecule has 140 valence electrons. The highest BCUT2D eigenvalue weighted by molar-refractivity contribution is 5.94. The van der Waals surface area contributed by atoms with Crippen LogP contribution in [-0.4, -0.2) is 17.2 Å². The zero-order valence-corrected chi connectivity index (χ0v) is 17.0. The topological polar surface area (TPSA) is 71.3 Å². The van der Waals surface area contributed by atoms with Crippen LogP contribution >= 0.6 is 12.4 Å². The molecule has 0 fully saturated rings. The zero-order valence-electron chi connectivity index (χ0n) is 16.2. The number of phenols is 1. The van der Waals surface area contributed by atoms with Crippen LogP contribution in [0.4, 0.5) is 5.69 Å². The quantitative estimate of drug-likeness (QED) is 0.521. The van der Waals surface area contributed by atoms with E-state index in [0.29, 0.717) is 17.2 Å². The van der Waals surface area contributed by atoms with Gasteiger partial charge in [0.2, 0.25) is 0 Å². The number of aromatic nitrogens is 1. The number of anilines is 1. The molecule has 0 spiro atoms. The minimum absolute atomic E-state index is 0. The minimum atomic E-state index is -0.140. The number of nitrogen functional groups attached to an aromatic ring is 1. The molecule has 0 radical (unpaired) electrons. The molecular formula is C21H27ClN2O2. The lowest BCUT2D eigenvalue weighted by molar-refractivity contribution is 0.417. The van der Waals surface area contributed by atoms with Gasteiger partial charge in [0, 0.05) is 28.2 Å². The van der Waals surface area contributed by atoms with E-state index in [-0.39, 0.29) is 17.8 Å². The van der Waals surface area contributed by atoms with Crippen LogP contribution in [0.1, 0.15) is 37.5 Å². The first-order valence-electron chi connectivity index (χ1n) is 8.43. The van der Waals surface area contributed by atoms with Crippen LogP contribution in [0.2, 0.25) is 0 Å². The van der Waals surface area contributed by atoms with Gasteiger partial charge in [-0.2, -0.15) is 0 Å². The molecule has 0 amide bonds. The number of aromatic hydroxyl groups is 1. The highest BCUT2D eigenvalue weighted by atomic mass is 35.5. The number of aryl methyl sites for hydroxylation is 2. The molecule has 0 aliphatic heterocycles. The monoisotopic (exact) mass is 374 g/mol. The number of ether oxygens (including phenoxy) is 1. The number of rotatable bonds is 2. The molecule has 4 N–H and O–H groups in total. The van der Waals surface area contributed by atoms with Crippen molar-refractivity contribution in [3.63, 3.8) is 0 Å². The summed E-state index contributed by atoms with van der Waals surface area (Å²) in [5, 5.41) is 11.6. The number of hydrogen-bond donors (Lipinski definition) is 3. The summed E-state index contributed by atoms with van der Waals surface area (Å²) in [5.74, 6) is 1.04. The number of fused-ring (bicyclic) bond motifs is 1. The molecular weight excluding hydrogens is 348 g/mol. The first-order valence-corrected chi connectivity index (χ1v) is 8.43. The van der Waals surface area contributed by atoms with E-state index < -0.39 is 0 Å². The van der Waals surface area contributed by atoms with E-state index in [9.17, 15) is 5.11 Å². The Morgan fingerprint density at radius 3 is 2.31 bits per heavy atom. The van der Waals surface area contributed by atoms with Crippen molar-refractivity contribution in [3.05, 3.63) is 41.0 Å². The molecule has 1 aromatic heterocycles. The summed E-state index contributed by atoms with van der Waals surface area (Å²) >= 11 is 0. The number of hydrogen-bond acceptors (Lipinski definition) is 3. The van der Waals surface area contributed by atoms with Crippen LogP contribution in [0, 0.1) is 13.8 Å². The van der Waals surface area contributed by atoms with Crippen LogP contribution in [-0.2, 0) is 5.41 Å². The second-order valence-corrected chi connectivity index (χ2v) is 7.70. The molecule has 3 rings (SSSR count). The third-order valence-corrected chi connectivity index (χ3v) is 4.81. The Bertz CT molecular complexity index is 969. The number of halogens is 1.